The van der Waals surface area contributed by atoms with Crippen LogP contribution in [0.25, 0.3) is 5.65 Å². The van der Waals surface area contributed by atoms with Crippen molar-refractivity contribution in [2.45, 2.75) is 26.2 Å². The van der Waals surface area contributed by atoms with Crippen LogP contribution in [0.5, 0.6) is 0 Å². The zero-order valence-corrected chi connectivity index (χ0v) is 13.5. The molecule has 0 saturated carbocycles. The fourth-order valence-electron chi connectivity index (χ4n) is 3.77. The van der Waals surface area contributed by atoms with Crippen LogP contribution in [0.3, 0.4) is 0 Å². The molecule has 2 fully saturated rings. The van der Waals surface area contributed by atoms with E-state index < -0.39 is 17.3 Å². The van der Waals surface area contributed by atoms with Crippen LogP contribution >= 0.6 is 0 Å². The number of likely N-dealkylation sites (tertiary alicyclic amines) is 1. The normalized spacial score (nSPS) is 23.9. The smallest absolute Gasteiger partial charge is 0.277 e. The molecule has 24 heavy (non-hydrogen) atoms. The van der Waals surface area contributed by atoms with Gasteiger partial charge in [-0.15, -0.1) is 0 Å². The van der Waals surface area contributed by atoms with Crippen molar-refractivity contribution < 1.29 is 14.0 Å². The lowest BCUT2D eigenvalue weighted by atomic mass is 9.79. The third kappa shape index (κ3) is 2.18. The molecule has 2 saturated heterocycles. The summed E-state index contributed by atoms with van der Waals surface area (Å²) < 4.78 is 15.9. The van der Waals surface area contributed by atoms with Gasteiger partial charge in [-0.1, -0.05) is 6.07 Å². The Morgan fingerprint density at radius 3 is 3.00 bits per heavy atom. The average Bonchev–Trinajstić information content (AvgIpc) is 3.13. The average molecular weight is 330 g/mol. The summed E-state index contributed by atoms with van der Waals surface area (Å²) in [5.74, 6) is -1.08. The number of aromatic nitrogens is 2. The van der Waals surface area contributed by atoms with Gasteiger partial charge < -0.3 is 10.2 Å². The molecule has 0 aromatic carbocycles. The second-order valence-electron chi connectivity index (χ2n) is 6.80. The van der Waals surface area contributed by atoms with Gasteiger partial charge in [0, 0.05) is 25.8 Å². The van der Waals surface area contributed by atoms with Gasteiger partial charge in [-0.25, -0.2) is 4.98 Å². The highest BCUT2D eigenvalue weighted by molar-refractivity contribution is 5.94. The van der Waals surface area contributed by atoms with Crippen molar-refractivity contribution >= 4 is 17.5 Å². The second kappa shape index (κ2) is 5.29. The van der Waals surface area contributed by atoms with E-state index in [9.17, 15) is 14.0 Å². The zero-order valence-electron chi connectivity index (χ0n) is 13.5. The van der Waals surface area contributed by atoms with E-state index in [0.717, 1.165) is 18.4 Å². The van der Waals surface area contributed by atoms with Crippen molar-refractivity contribution in [3.05, 3.63) is 35.5 Å². The molecule has 0 radical (unpaired) electrons. The van der Waals surface area contributed by atoms with Crippen molar-refractivity contribution in [2.75, 3.05) is 19.6 Å². The Morgan fingerprint density at radius 1 is 1.38 bits per heavy atom. The maximum atomic E-state index is 14.6. The molecule has 0 aliphatic carbocycles. The number of nitrogens with one attached hydrogen (secondary N) is 1. The van der Waals surface area contributed by atoms with E-state index in [4.69, 9.17) is 0 Å². The molecule has 0 bridgehead atoms. The minimum Gasteiger partial charge on any atom is -0.356 e. The van der Waals surface area contributed by atoms with Gasteiger partial charge in [0.05, 0.1) is 5.41 Å². The molecule has 1 atom stereocenters. The Hall–Kier alpha value is -2.44. The Balaban J connectivity index is 1.63. The van der Waals surface area contributed by atoms with Gasteiger partial charge in [-0.05, 0) is 37.8 Å². The highest BCUT2D eigenvalue weighted by atomic mass is 19.1. The number of hydrogen-bond donors (Lipinski definition) is 1. The first kappa shape index (κ1) is 15.1. The van der Waals surface area contributed by atoms with E-state index in [0.29, 0.717) is 31.7 Å². The maximum Gasteiger partial charge on any atom is 0.277 e. The molecule has 4 heterocycles. The van der Waals surface area contributed by atoms with Gasteiger partial charge >= 0.3 is 0 Å². The number of carbonyl (C=O) groups excluding carboxylic acids is 2. The number of carbonyl (C=O) groups is 2. The first-order chi connectivity index (χ1) is 11.5. The summed E-state index contributed by atoms with van der Waals surface area (Å²) in [7, 11) is 0. The summed E-state index contributed by atoms with van der Waals surface area (Å²) in [6, 6.07) is 3.52. The van der Waals surface area contributed by atoms with Gasteiger partial charge in [0.2, 0.25) is 11.9 Å². The fourth-order valence-corrected chi connectivity index (χ4v) is 3.77. The zero-order chi connectivity index (χ0) is 16.9. The van der Waals surface area contributed by atoms with E-state index >= 15 is 0 Å². The minimum absolute atomic E-state index is 0.00940. The summed E-state index contributed by atoms with van der Waals surface area (Å²) in [6.07, 6.45) is 3.93. The van der Waals surface area contributed by atoms with Crippen LogP contribution in [0, 0.1) is 18.3 Å². The summed E-state index contributed by atoms with van der Waals surface area (Å²) in [5, 5.41) is 2.88. The number of hydrogen-bond acceptors (Lipinski definition) is 3. The summed E-state index contributed by atoms with van der Waals surface area (Å²) >= 11 is 0. The SMILES string of the molecule is Cc1ccc2nc(C(=O)N3CC[C@@]4(CCCNC4=O)C3)c(F)n2c1. The Labute approximate surface area is 138 Å². The number of rotatable bonds is 1. The van der Waals surface area contributed by atoms with Crippen LogP contribution in [0.1, 0.15) is 35.3 Å². The highest BCUT2D eigenvalue weighted by Gasteiger charge is 2.47. The predicted molar refractivity (Wildman–Crippen MR) is 85.1 cm³/mol. The third-order valence-corrected chi connectivity index (χ3v) is 5.15. The van der Waals surface area contributed by atoms with Crippen LogP contribution < -0.4 is 5.32 Å². The van der Waals surface area contributed by atoms with Crippen LogP contribution in [-0.2, 0) is 4.79 Å². The van der Waals surface area contributed by atoms with Crippen molar-refractivity contribution in [1.82, 2.24) is 19.6 Å². The van der Waals surface area contributed by atoms with Crippen molar-refractivity contribution in [1.29, 1.82) is 0 Å². The van der Waals surface area contributed by atoms with Gasteiger partial charge in [0.15, 0.2) is 5.69 Å². The molecule has 2 aromatic heterocycles. The first-order valence-corrected chi connectivity index (χ1v) is 8.22. The van der Waals surface area contributed by atoms with Crippen molar-refractivity contribution in [2.24, 2.45) is 5.41 Å². The van der Waals surface area contributed by atoms with Crippen LogP contribution in [-0.4, -0.2) is 45.7 Å². The lowest BCUT2D eigenvalue weighted by molar-refractivity contribution is -0.132. The van der Waals surface area contributed by atoms with E-state index in [1.165, 1.54) is 4.40 Å². The minimum atomic E-state index is -0.646. The molecule has 0 unspecified atom stereocenters. The molecule has 4 rings (SSSR count). The number of pyridine rings is 1. The molecule has 6 nitrogen and oxygen atoms in total. The van der Waals surface area contributed by atoms with E-state index in [2.05, 4.69) is 10.3 Å². The molecule has 7 heteroatoms. The van der Waals surface area contributed by atoms with Gasteiger partial charge in [-0.3, -0.25) is 14.0 Å². The van der Waals surface area contributed by atoms with Crippen molar-refractivity contribution in [3.8, 4) is 0 Å². The number of aryl methyl sites for hydroxylation is 1. The molecule has 2 aromatic rings. The Bertz CT molecular complexity index is 846. The highest BCUT2D eigenvalue weighted by Crippen LogP contribution is 2.38. The van der Waals surface area contributed by atoms with Crippen LogP contribution in [0.15, 0.2) is 18.3 Å². The third-order valence-electron chi connectivity index (χ3n) is 5.15. The van der Waals surface area contributed by atoms with Crippen LogP contribution in [0.4, 0.5) is 4.39 Å². The number of amides is 2. The molecule has 2 aliphatic heterocycles. The largest absolute Gasteiger partial charge is 0.356 e. The Morgan fingerprint density at radius 2 is 2.21 bits per heavy atom. The van der Waals surface area contributed by atoms with E-state index in [1.54, 1.807) is 17.2 Å². The fraction of sp³-hybridized carbons (Fsp3) is 0.471. The topological polar surface area (TPSA) is 66.7 Å². The Kier molecular flexibility index (Phi) is 3.33. The van der Waals surface area contributed by atoms with E-state index in [1.807, 2.05) is 13.0 Å². The lowest BCUT2D eigenvalue weighted by Gasteiger charge is -2.31. The molecular weight excluding hydrogens is 311 g/mol. The molecule has 1 spiro atoms. The molecule has 2 amide bonds. The maximum absolute atomic E-state index is 14.6. The van der Waals surface area contributed by atoms with Crippen molar-refractivity contribution in [3.63, 3.8) is 0 Å². The number of piperidine rings is 1. The second-order valence-corrected chi connectivity index (χ2v) is 6.80. The van der Waals surface area contributed by atoms with Gasteiger partial charge in [-0.2, -0.15) is 4.39 Å². The number of imidazole rings is 1. The predicted octanol–water partition coefficient (Wildman–Crippen LogP) is 1.52. The van der Waals surface area contributed by atoms with Crippen LogP contribution in [0.2, 0.25) is 0 Å². The number of nitrogens with zero attached hydrogens (tertiary/aromatic N) is 3. The summed E-state index contributed by atoms with van der Waals surface area (Å²) in [6.45, 7) is 3.34. The molecule has 1 N–H and O–H groups in total. The molecular formula is C17H19FN4O2. The number of halogens is 1. The standard InChI is InChI=1S/C17H19FN4O2/c1-11-3-4-12-20-13(14(18)22(12)9-11)15(23)21-8-6-17(10-21)5-2-7-19-16(17)24/h3-4,9H,2,5-8,10H2,1H3,(H,19,24)/t17-/m0/s1. The quantitative estimate of drug-likeness (QED) is 0.862. The van der Waals surface area contributed by atoms with E-state index in [-0.39, 0.29) is 11.6 Å². The molecule has 126 valence electrons. The molecule has 2 aliphatic rings. The number of fused-ring (bicyclic) bond motifs is 1. The first-order valence-electron chi connectivity index (χ1n) is 8.22. The lowest BCUT2D eigenvalue weighted by Crippen LogP contribution is -2.47. The van der Waals surface area contributed by atoms with Gasteiger partial charge in [0.1, 0.15) is 5.65 Å². The van der Waals surface area contributed by atoms with Gasteiger partial charge in [0.25, 0.3) is 5.91 Å². The monoisotopic (exact) mass is 330 g/mol. The summed E-state index contributed by atoms with van der Waals surface area (Å²) in [5.41, 5.74) is 0.608. The summed E-state index contributed by atoms with van der Waals surface area (Å²) in [4.78, 5) is 30.7.